The second-order valence-electron chi connectivity index (χ2n) is 5.96. The lowest BCUT2D eigenvalue weighted by molar-refractivity contribution is 0.0424. The lowest BCUT2D eigenvalue weighted by Crippen LogP contribution is -2.28. The summed E-state index contributed by atoms with van der Waals surface area (Å²) in [5.41, 5.74) is -0.717. The molecule has 2 aromatic rings. The molecule has 26 heavy (non-hydrogen) atoms. The number of halogens is 2. The lowest BCUT2D eigenvalue weighted by Gasteiger charge is -2.21. The molecular weight excluding hydrogens is 340 g/mol. The molecule has 0 aromatic heterocycles. The van der Waals surface area contributed by atoms with Gasteiger partial charge in [0.25, 0.3) is 11.8 Å². The van der Waals surface area contributed by atoms with Gasteiger partial charge in [-0.05, 0) is 24.6 Å². The molecule has 0 aliphatic heterocycles. The third kappa shape index (κ3) is 4.07. The molecule has 138 valence electrons. The molecule has 0 atom stereocenters. The number of carbonyl (C=O) groups excluding carboxylic acids is 2. The van der Waals surface area contributed by atoms with Gasteiger partial charge >= 0.3 is 5.97 Å². The number of hydrogen-bond acceptors (Lipinski definition) is 3. The average Bonchev–Trinajstić information content (AvgIpc) is 2.67. The highest BCUT2D eigenvalue weighted by Crippen LogP contribution is 2.36. The topological polar surface area (TPSA) is 46.6 Å². The van der Waals surface area contributed by atoms with Crippen LogP contribution in [0.1, 0.15) is 45.2 Å². The molecule has 0 aliphatic rings. The fourth-order valence-electron chi connectivity index (χ4n) is 2.64. The first kappa shape index (κ1) is 19.6. The third-order valence-corrected chi connectivity index (χ3v) is 4.01. The van der Waals surface area contributed by atoms with Gasteiger partial charge in [0.05, 0.1) is 12.7 Å². The Bertz CT molecular complexity index is 791. The smallest absolute Gasteiger partial charge is 0.337 e. The normalized spacial score (nSPS) is 11.1. The molecule has 0 heterocycles. The molecule has 0 radical (unpaired) electrons. The van der Waals surface area contributed by atoms with Crippen molar-refractivity contribution in [1.82, 2.24) is 4.90 Å². The van der Waals surface area contributed by atoms with Crippen LogP contribution in [0.4, 0.5) is 8.78 Å². The first-order valence-electron chi connectivity index (χ1n) is 8.24. The van der Waals surface area contributed by atoms with E-state index in [0.717, 1.165) is 25.7 Å². The molecule has 0 N–H and O–H groups in total. The van der Waals surface area contributed by atoms with E-state index < -0.39 is 23.4 Å². The highest BCUT2D eigenvalue weighted by molar-refractivity contribution is 5.98. The molecule has 0 bridgehead atoms. The van der Waals surface area contributed by atoms with E-state index in [1.807, 2.05) is 6.92 Å². The zero-order valence-electron chi connectivity index (χ0n) is 15.0. The second-order valence-corrected chi connectivity index (χ2v) is 5.96. The van der Waals surface area contributed by atoms with E-state index in [2.05, 4.69) is 4.74 Å². The maximum atomic E-state index is 15.0. The van der Waals surface area contributed by atoms with Crippen molar-refractivity contribution < 1.29 is 23.1 Å². The van der Waals surface area contributed by atoms with Gasteiger partial charge < -0.3 is 9.64 Å². The van der Waals surface area contributed by atoms with E-state index in [9.17, 15) is 18.4 Å². The second kappa shape index (κ2) is 8.08. The summed E-state index contributed by atoms with van der Waals surface area (Å²) >= 11 is 0. The highest BCUT2D eigenvalue weighted by atomic mass is 19.3. The number of carbonyl (C=O) groups is 2. The minimum atomic E-state index is -3.36. The number of hydrogen-bond donors (Lipinski definition) is 0. The van der Waals surface area contributed by atoms with E-state index in [0.29, 0.717) is 6.54 Å². The highest BCUT2D eigenvalue weighted by Gasteiger charge is 2.35. The largest absolute Gasteiger partial charge is 0.465 e. The molecule has 1 amide bonds. The maximum absolute atomic E-state index is 15.0. The van der Waals surface area contributed by atoms with Crippen LogP contribution in [0.3, 0.4) is 0 Å². The Kier molecular flexibility index (Phi) is 6.08. The van der Waals surface area contributed by atoms with Gasteiger partial charge in [0, 0.05) is 30.3 Å². The van der Waals surface area contributed by atoms with Gasteiger partial charge in [-0.15, -0.1) is 0 Å². The first-order valence-corrected chi connectivity index (χ1v) is 8.24. The summed E-state index contributed by atoms with van der Waals surface area (Å²) in [7, 11) is 2.75. The summed E-state index contributed by atoms with van der Waals surface area (Å²) in [6.45, 7) is 2.38. The third-order valence-electron chi connectivity index (χ3n) is 4.01. The Morgan fingerprint density at radius 1 is 1.04 bits per heavy atom. The van der Waals surface area contributed by atoms with Gasteiger partial charge in [0.1, 0.15) is 0 Å². The molecule has 2 rings (SSSR count). The molecule has 2 aromatic carbocycles. The van der Waals surface area contributed by atoms with Crippen LogP contribution in [-0.2, 0) is 10.7 Å². The standard InChI is InChI=1S/C20H21F2NO3/c1-4-10-23(2)18(24)14-11-15(19(25)26-3)13-17(12-14)20(21,22)16-8-6-5-7-9-16/h5-9,11-13H,4,10H2,1-3H3. The predicted molar refractivity (Wildman–Crippen MR) is 94.5 cm³/mol. The van der Waals surface area contributed by atoms with Crippen LogP contribution >= 0.6 is 0 Å². The van der Waals surface area contributed by atoms with E-state index in [1.165, 1.54) is 35.2 Å². The van der Waals surface area contributed by atoms with Crippen LogP contribution in [-0.4, -0.2) is 37.5 Å². The number of methoxy groups -OCH3 is 1. The monoisotopic (exact) mass is 361 g/mol. The van der Waals surface area contributed by atoms with E-state index in [4.69, 9.17) is 0 Å². The van der Waals surface area contributed by atoms with Gasteiger partial charge in [-0.2, -0.15) is 8.78 Å². The van der Waals surface area contributed by atoms with Gasteiger partial charge in [-0.3, -0.25) is 4.79 Å². The molecule has 0 aliphatic carbocycles. The van der Waals surface area contributed by atoms with Crippen molar-refractivity contribution >= 4 is 11.9 Å². The Morgan fingerprint density at radius 2 is 1.65 bits per heavy atom. The number of ether oxygens (including phenoxy) is 1. The molecule has 0 spiro atoms. The van der Waals surface area contributed by atoms with Crippen LogP contribution in [0, 0.1) is 0 Å². The Hall–Kier alpha value is -2.76. The summed E-state index contributed by atoms with van der Waals surface area (Å²) in [5.74, 6) is -4.56. The van der Waals surface area contributed by atoms with Crippen molar-refractivity contribution in [3.05, 3.63) is 70.8 Å². The van der Waals surface area contributed by atoms with Crippen molar-refractivity contribution in [2.24, 2.45) is 0 Å². The number of rotatable bonds is 6. The molecule has 6 heteroatoms. The number of nitrogens with zero attached hydrogens (tertiary/aromatic N) is 1. The summed E-state index contributed by atoms with van der Waals surface area (Å²) in [6.07, 6.45) is 0.728. The van der Waals surface area contributed by atoms with Gasteiger partial charge in [0.15, 0.2) is 0 Å². The van der Waals surface area contributed by atoms with E-state index in [1.54, 1.807) is 13.1 Å². The number of amides is 1. The lowest BCUT2D eigenvalue weighted by atomic mass is 9.96. The zero-order chi connectivity index (χ0) is 19.3. The first-order chi connectivity index (χ1) is 12.3. The predicted octanol–water partition coefficient (Wildman–Crippen LogP) is 4.10. The molecule has 0 fully saturated rings. The van der Waals surface area contributed by atoms with Gasteiger partial charge in [0.2, 0.25) is 0 Å². The van der Waals surface area contributed by atoms with Gasteiger partial charge in [-0.1, -0.05) is 37.3 Å². The summed E-state index contributed by atoms with van der Waals surface area (Å²) < 4.78 is 34.5. The van der Waals surface area contributed by atoms with Crippen LogP contribution < -0.4 is 0 Å². The number of esters is 1. The van der Waals surface area contributed by atoms with Crippen molar-refractivity contribution in [3.63, 3.8) is 0 Å². The fourth-order valence-corrected chi connectivity index (χ4v) is 2.64. The summed E-state index contributed by atoms with van der Waals surface area (Å²) in [6, 6.07) is 10.7. The van der Waals surface area contributed by atoms with Crippen LogP contribution in [0.15, 0.2) is 48.5 Å². The van der Waals surface area contributed by atoms with Crippen molar-refractivity contribution in [3.8, 4) is 0 Å². The Morgan fingerprint density at radius 3 is 2.23 bits per heavy atom. The van der Waals surface area contributed by atoms with Crippen LogP contribution in [0.2, 0.25) is 0 Å². The average molecular weight is 361 g/mol. The van der Waals surface area contributed by atoms with Gasteiger partial charge in [-0.25, -0.2) is 4.79 Å². The molecule has 0 unspecified atom stereocenters. The minimum Gasteiger partial charge on any atom is -0.465 e. The Labute approximate surface area is 151 Å². The molecule has 4 nitrogen and oxygen atoms in total. The van der Waals surface area contributed by atoms with Crippen LogP contribution in [0.5, 0.6) is 0 Å². The summed E-state index contributed by atoms with van der Waals surface area (Å²) in [5, 5.41) is 0. The molecular formula is C20H21F2NO3. The molecule has 0 saturated heterocycles. The van der Waals surface area contributed by atoms with Crippen molar-refractivity contribution in [1.29, 1.82) is 0 Å². The van der Waals surface area contributed by atoms with Crippen molar-refractivity contribution in [2.75, 3.05) is 20.7 Å². The number of alkyl halides is 2. The summed E-state index contributed by atoms with van der Waals surface area (Å²) in [4.78, 5) is 25.9. The minimum absolute atomic E-state index is 0.0226. The van der Waals surface area contributed by atoms with Crippen LogP contribution in [0.25, 0.3) is 0 Å². The quantitative estimate of drug-likeness (QED) is 0.728. The van der Waals surface area contributed by atoms with Crippen molar-refractivity contribution in [2.45, 2.75) is 19.3 Å². The van der Waals surface area contributed by atoms with E-state index >= 15 is 0 Å². The zero-order valence-corrected chi connectivity index (χ0v) is 15.0. The SMILES string of the molecule is CCCN(C)C(=O)c1cc(C(=O)OC)cc(C(F)(F)c2ccccc2)c1. The Balaban J connectivity index is 2.57. The number of benzene rings is 2. The fraction of sp³-hybridized carbons (Fsp3) is 0.300. The van der Waals surface area contributed by atoms with E-state index in [-0.39, 0.29) is 16.7 Å². The molecule has 0 saturated carbocycles. The maximum Gasteiger partial charge on any atom is 0.337 e.